The van der Waals surface area contributed by atoms with Gasteiger partial charge in [0.2, 0.25) is 10.0 Å². The lowest BCUT2D eigenvalue weighted by Gasteiger charge is -2.26. The van der Waals surface area contributed by atoms with Crippen LogP contribution in [0.15, 0.2) is 59.0 Å². The highest BCUT2D eigenvalue weighted by Crippen LogP contribution is 2.48. The van der Waals surface area contributed by atoms with Gasteiger partial charge in [0.15, 0.2) is 0 Å². The average molecular weight is 665 g/mol. The summed E-state index contributed by atoms with van der Waals surface area (Å²) in [5.41, 5.74) is 1.97. The number of benzene rings is 3. The maximum Gasteiger partial charge on any atom is 0.639 e. The van der Waals surface area contributed by atoms with Crippen LogP contribution in [0.1, 0.15) is 40.2 Å². The van der Waals surface area contributed by atoms with E-state index in [-0.39, 0.29) is 53.5 Å². The normalized spacial score (nSPS) is 16.0. The molecule has 3 aromatic carbocycles. The fourth-order valence-corrected chi connectivity index (χ4v) is 6.51. The van der Waals surface area contributed by atoms with E-state index in [1.807, 2.05) is 0 Å². The molecule has 4 aromatic rings. The number of likely N-dealkylation sites (N-methyl/N-ethyl adjacent to an activating group) is 1. The van der Waals surface area contributed by atoms with Crippen LogP contribution < -0.4 is 15.1 Å². The van der Waals surface area contributed by atoms with Crippen molar-refractivity contribution in [3.05, 3.63) is 82.9 Å². The van der Waals surface area contributed by atoms with E-state index in [2.05, 4.69) is 5.32 Å². The molecule has 1 saturated heterocycles. The molecule has 1 aliphatic heterocycles. The molecule has 47 heavy (non-hydrogen) atoms. The Morgan fingerprint density at radius 1 is 1.02 bits per heavy atom. The summed E-state index contributed by atoms with van der Waals surface area (Å²) in [5, 5.41) is 3.08. The van der Waals surface area contributed by atoms with Crippen LogP contribution in [0.2, 0.25) is 0 Å². The molecule has 1 saturated carbocycles. The summed E-state index contributed by atoms with van der Waals surface area (Å²) in [6.45, 7) is -0.647. The van der Waals surface area contributed by atoms with E-state index in [0.717, 1.165) is 29.5 Å². The number of furan rings is 1. The second-order valence-electron chi connectivity index (χ2n) is 11.7. The van der Waals surface area contributed by atoms with Crippen LogP contribution in [0.25, 0.3) is 22.3 Å². The Balaban J connectivity index is 1.40. The fraction of sp³-hybridized carbons (Fsp3) is 0.281. The van der Waals surface area contributed by atoms with Gasteiger partial charge in [-0.3, -0.25) is 23.6 Å². The van der Waals surface area contributed by atoms with Crippen LogP contribution in [0.4, 0.5) is 14.5 Å². The second-order valence-corrected chi connectivity index (χ2v) is 13.6. The Hall–Kier alpha value is -4.76. The quantitative estimate of drug-likeness (QED) is 0.282. The van der Waals surface area contributed by atoms with Crippen molar-refractivity contribution < 1.29 is 45.3 Å². The van der Waals surface area contributed by atoms with Gasteiger partial charge in [-0.25, -0.2) is 17.2 Å². The van der Waals surface area contributed by atoms with Crippen molar-refractivity contribution >= 4 is 57.1 Å². The van der Waals surface area contributed by atoms with E-state index in [1.54, 1.807) is 12.1 Å². The van der Waals surface area contributed by atoms with Gasteiger partial charge in [0.25, 0.3) is 5.91 Å². The molecule has 6 rings (SSSR count). The summed E-state index contributed by atoms with van der Waals surface area (Å²) in [7, 11) is -2.55. The number of nitrogens with one attached hydrogen (secondary N) is 1. The smallest absolute Gasteiger partial charge is 0.494 e. The maximum absolute atomic E-state index is 15.5. The molecule has 2 fully saturated rings. The third kappa shape index (κ3) is 6.72. The Bertz CT molecular complexity index is 1990. The standard InChI is InChI=1S/C32H30BF2N3O8S/c1-36-32(41)30-23-13-22(19-5-6-19)26(14-27(23)44-31(30)20-7-9-21(34)10-8-20)38(47(3,42)43)15-18-4-11-24(25(35)12-18)33-45-28(39)16-37(2)17-29(40)46-33/h4,7-14,19H,5-6,15-17H2,1-3H3,(H,36,41). The van der Waals surface area contributed by atoms with Gasteiger partial charge in [0.05, 0.1) is 37.1 Å². The van der Waals surface area contributed by atoms with Gasteiger partial charge >= 0.3 is 19.1 Å². The monoisotopic (exact) mass is 665 g/mol. The first kappa shape index (κ1) is 32.2. The number of halogens is 2. The first-order valence-corrected chi connectivity index (χ1v) is 16.6. The molecule has 11 nitrogen and oxygen atoms in total. The largest absolute Gasteiger partial charge is 0.639 e. The number of fused-ring (bicyclic) bond motifs is 1. The highest BCUT2D eigenvalue weighted by molar-refractivity contribution is 7.92. The minimum absolute atomic E-state index is 0.0159. The predicted octanol–water partition coefficient (Wildman–Crippen LogP) is 3.31. The molecule has 1 aliphatic carbocycles. The Kier molecular flexibility index (Phi) is 8.53. The van der Waals surface area contributed by atoms with Gasteiger partial charge < -0.3 is 19.0 Å². The highest BCUT2D eigenvalue weighted by atomic mass is 32.2. The molecule has 0 spiro atoms. The van der Waals surface area contributed by atoms with E-state index in [4.69, 9.17) is 13.7 Å². The van der Waals surface area contributed by atoms with Crippen molar-refractivity contribution in [1.82, 2.24) is 10.2 Å². The molecular formula is C32H30BF2N3O8S. The predicted molar refractivity (Wildman–Crippen MR) is 169 cm³/mol. The van der Waals surface area contributed by atoms with Crippen LogP contribution in [0.5, 0.6) is 0 Å². The summed E-state index contributed by atoms with van der Waals surface area (Å²) in [4.78, 5) is 38.9. The van der Waals surface area contributed by atoms with Gasteiger partial charge in [0.1, 0.15) is 23.0 Å². The van der Waals surface area contributed by atoms with Gasteiger partial charge in [-0.2, -0.15) is 0 Å². The van der Waals surface area contributed by atoms with E-state index in [1.165, 1.54) is 55.4 Å². The Morgan fingerprint density at radius 2 is 1.68 bits per heavy atom. The van der Waals surface area contributed by atoms with E-state index in [0.29, 0.717) is 22.2 Å². The topological polar surface area (TPSA) is 135 Å². The third-order valence-electron chi connectivity index (χ3n) is 8.00. The van der Waals surface area contributed by atoms with Crippen molar-refractivity contribution in [2.75, 3.05) is 37.7 Å². The number of hydrogen-bond acceptors (Lipinski definition) is 9. The van der Waals surface area contributed by atoms with Gasteiger partial charge in [-0.05, 0) is 73.3 Å². The number of nitrogens with zero attached hydrogens (tertiary/aromatic N) is 2. The number of amides is 1. The zero-order valence-corrected chi connectivity index (χ0v) is 26.5. The van der Waals surface area contributed by atoms with Crippen LogP contribution in [-0.2, 0) is 35.5 Å². The summed E-state index contributed by atoms with van der Waals surface area (Å²) in [5.74, 6) is -2.96. The SMILES string of the molecule is CNC(=O)c1c(-c2ccc(F)cc2)oc2cc(N(Cc3ccc(B4OC(=O)CN(C)CC(=O)O4)c(F)c3)S(C)(=O)=O)c(C3CC3)cc12. The summed E-state index contributed by atoms with van der Waals surface area (Å²) >= 11 is 0. The van der Waals surface area contributed by atoms with Crippen molar-refractivity contribution in [2.24, 2.45) is 0 Å². The van der Waals surface area contributed by atoms with Crippen LogP contribution in [-0.4, -0.2) is 71.7 Å². The second kappa shape index (κ2) is 12.5. The Morgan fingerprint density at radius 3 is 2.26 bits per heavy atom. The Labute approximate surface area is 269 Å². The molecule has 0 atom stereocenters. The minimum atomic E-state index is -3.96. The lowest BCUT2D eigenvalue weighted by Crippen LogP contribution is -2.48. The highest BCUT2D eigenvalue weighted by Gasteiger charge is 2.37. The fourth-order valence-electron chi connectivity index (χ4n) is 5.61. The van der Waals surface area contributed by atoms with E-state index >= 15 is 4.39 Å². The molecule has 2 heterocycles. The molecule has 15 heteroatoms. The third-order valence-corrected chi connectivity index (χ3v) is 9.13. The summed E-state index contributed by atoms with van der Waals surface area (Å²) < 4.78 is 73.4. The molecule has 0 radical (unpaired) electrons. The zero-order valence-electron chi connectivity index (χ0n) is 25.7. The number of rotatable bonds is 8. The molecule has 0 unspecified atom stereocenters. The molecule has 244 valence electrons. The summed E-state index contributed by atoms with van der Waals surface area (Å²) in [6.07, 6.45) is 2.63. The molecular weight excluding hydrogens is 635 g/mol. The first-order chi connectivity index (χ1) is 22.3. The van der Waals surface area contributed by atoms with Gasteiger partial charge in [0, 0.05) is 29.5 Å². The molecule has 2 aliphatic rings. The first-order valence-electron chi connectivity index (χ1n) is 14.7. The van der Waals surface area contributed by atoms with Crippen molar-refractivity contribution in [1.29, 1.82) is 0 Å². The zero-order chi connectivity index (χ0) is 33.6. The number of carbonyl (C=O) groups is 3. The van der Waals surface area contributed by atoms with Crippen molar-refractivity contribution in [2.45, 2.75) is 25.3 Å². The van der Waals surface area contributed by atoms with Gasteiger partial charge in [-0.1, -0.05) is 12.1 Å². The number of anilines is 1. The van der Waals surface area contributed by atoms with E-state index < -0.39 is 46.6 Å². The van der Waals surface area contributed by atoms with Crippen LogP contribution in [0, 0.1) is 11.6 Å². The number of hydrogen-bond donors (Lipinski definition) is 1. The minimum Gasteiger partial charge on any atom is -0.494 e. The maximum atomic E-state index is 15.5. The van der Waals surface area contributed by atoms with Gasteiger partial charge in [-0.15, -0.1) is 0 Å². The summed E-state index contributed by atoms with van der Waals surface area (Å²) in [6, 6.07) is 12.6. The number of sulfonamides is 1. The van der Waals surface area contributed by atoms with Crippen LogP contribution in [0.3, 0.4) is 0 Å². The molecule has 1 amide bonds. The van der Waals surface area contributed by atoms with Crippen LogP contribution >= 0.6 is 0 Å². The lowest BCUT2D eigenvalue weighted by atomic mass is 9.77. The van der Waals surface area contributed by atoms with E-state index in [9.17, 15) is 27.2 Å². The molecule has 0 bridgehead atoms. The van der Waals surface area contributed by atoms with Crippen molar-refractivity contribution in [3.8, 4) is 11.3 Å². The molecule has 1 N–H and O–H groups in total. The van der Waals surface area contributed by atoms with Crippen molar-refractivity contribution in [3.63, 3.8) is 0 Å². The number of carbonyl (C=O) groups excluding carboxylic acids is 3. The average Bonchev–Trinajstić information content (AvgIpc) is 3.78. The molecule has 1 aromatic heterocycles. The lowest BCUT2D eigenvalue weighted by molar-refractivity contribution is -0.145.